The second kappa shape index (κ2) is 7.02. The predicted octanol–water partition coefficient (Wildman–Crippen LogP) is 4.97. The SMILES string of the molecule is CCOc1cccc(Oc2ccc(C(C)CC)cc2)c1N. The van der Waals surface area contributed by atoms with Crippen LogP contribution in [0.15, 0.2) is 42.5 Å². The van der Waals surface area contributed by atoms with Crippen molar-refractivity contribution in [3.05, 3.63) is 48.0 Å². The third-order valence-corrected chi connectivity index (χ3v) is 3.62. The lowest BCUT2D eigenvalue weighted by Gasteiger charge is -2.13. The number of para-hydroxylation sites is 1. The molecule has 0 aliphatic heterocycles. The van der Waals surface area contributed by atoms with Crippen molar-refractivity contribution in [2.75, 3.05) is 12.3 Å². The fourth-order valence-corrected chi connectivity index (χ4v) is 2.12. The number of ether oxygens (including phenoxy) is 2. The molecule has 0 saturated carbocycles. The smallest absolute Gasteiger partial charge is 0.154 e. The lowest BCUT2D eigenvalue weighted by atomic mass is 9.99. The van der Waals surface area contributed by atoms with E-state index in [-0.39, 0.29) is 0 Å². The van der Waals surface area contributed by atoms with Crippen molar-refractivity contribution in [1.82, 2.24) is 0 Å². The van der Waals surface area contributed by atoms with Crippen LogP contribution in [0, 0.1) is 0 Å². The van der Waals surface area contributed by atoms with Crippen molar-refractivity contribution < 1.29 is 9.47 Å². The lowest BCUT2D eigenvalue weighted by molar-refractivity contribution is 0.340. The average molecular weight is 285 g/mol. The van der Waals surface area contributed by atoms with Gasteiger partial charge in [0.15, 0.2) is 5.75 Å². The molecule has 0 saturated heterocycles. The fourth-order valence-electron chi connectivity index (χ4n) is 2.12. The molecular formula is C18H23NO2. The van der Waals surface area contributed by atoms with Gasteiger partial charge in [-0.2, -0.15) is 0 Å². The molecule has 2 aromatic carbocycles. The summed E-state index contributed by atoms with van der Waals surface area (Å²) in [5, 5.41) is 0. The van der Waals surface area contributed by atoms with Crippen LogP contribution < -0.4 is 15.2 Å². The molecule has 21 heavy (non-hydrogen) atoms. The van der Waals surface area contributed by atoms with E-state index in [1.165, 1.54) is 5.56 Å². The normalized spacial score (nSPS) is 12.0. The highest BCUT2D eigenvalue weighted by molar-refractivity contribution is 5.63. The van der Waals surface area contributed by atoms with Crippen LogP contribution in [-0.4, -0.2) is 6.61 Å². The maximum absolute atomic E-state index is 6.07. The van der Waals surface area contributed by atoms with Crippen LogP contribution in [0.25, 0.3) is 0 Å². The Balaban J connectivity index is 2.16. The quantitative estimate of drug-likeness (QED) is 0.762. The van der Waals surface area contributed by atoms with E-state index in [4.69, 9.17) is 15.2 Å². The van der Waals surface area contributed by atoms with Gasteiger partial charge in [-0.25, -0.2) is 0 Å². The summed E-state index contributed by atoms with van der Waals surface area (Å²) in [5.41, 5.74) is 7.92. The summed E-state index contributed by atoms with van der Waals surface area (Å²) in [6.07, 6.45) is 1.13. The van der Waals surface area contributed by atoms with Crippen molar-refractivity contribution in [1.29, 1.82) is 0 Å². The zero-order chi connectivity index (χ0) is 15.2. The molecule has 0 aliphatic rings. The van der Waals surface area contributed by atoms with Crippen LogP contribution in [-0.2, 0) is 0 Å². The Morgan fingerprint density at radius 1 is 1.00 bits per heavy atom. The van der Waals surface area contributed by atoms with E-state index < -0.39 is 0 Å². The van der Waals surface area contributed by atoms with Gasteiger partial charge in [-0.3, -0.25) is 0 Å². The number of hydrogen-bond donors (Lipinski definition) is 1. The first-order chi connectivity index (χ1) is 10.2. The standard InChI is InChI=1S/C18H23NO2/c1-4-13(3)14-9-11-15(12-10-14)21-17-8-6-7-16(18(17)19)20-5-2/h6-13H,4-5,19H2,1-3H3. The van der Waals surface area contributed by atoms with E-state index in [2.05, 4.69) is 26.0 Å². The number of hydrogen-bond acceptors (Lipinski definition) is 3. The zero-order valence-electron chi connectivity index (χ0n) is 12.9. The predicted molar refractivity (Wildman–Crippen MR) is 87.2 cm³/mol. The number of nitrogen functional groups attached to an aromatic ring is 1. The summed E-state index contributed by atoms with van der Waals surface area (Å²) in [6, 6.07) is 13.7. The molecule has 2 N–H and O–H groups in total. The molecular weight excluding hydrogens is 262 g/mol. The minimum absolute atomic E-state index is 0.533. The molecule has 0 amide bonds. The molecule has 3 nitrogen and oxygen atoms in total. The molecule has 2 rings (SSSR count). The Morgan fingerprint density at radius 3 is 2.29 bits per heavy atom. The van der Waals surface area contributed by atoms with E-state index in [9.17, 15) is 0 Å². The highest BCUT2D eigenvalue weighted by Gasteiger charge is 2.08. The molecule has 3 heteroatoms. The van der Waals surface area contributed by atoms with E-state index in [0.29, 0.717) is 29.7 Å². The largest absolute Gasteiger partial charge is 0.492 e. The van der Waals surface area contributed by atoms with E-state index in [1.807, 2.05) is 37.3 Å². The maximum Gasteiger partial charge on any atom is 0.154 e. The molecule has 0 fully saturated rings. The van der Waals surface area contributed by atoms with Gasteiger partial charge in [-0.1, -0.05) is 32.0 Å². The molecule has 1 atom stereocenters. The number of anilines is 1. The lowest BCUT2D eigenvalue weighted by Crippen LogP contribution is -1.99. The second-order valence-corrected chi connectivity index (χ2v) is 5.08. The maximum atomic E-state index is 6.07. The molecule has 0 aliphatic carbocycles. The van der Waals surface area contributed by atoms with Gasteiger partial charge in [-0.15, -0.1) is 0 Å². The van der Waals surface area contributed by atoms with E-state index >= 15 is 0 Å². The number of rotatable bonds is 6. The van der Waals surface area contributed by atoms with Gasteiger partial charge in [0.1, 0.15) is 17.2 Å². The summed E-state index contributed by atoms with van der Waals surface area (Å²) in [5.74, 6) is 2.62. The highest BCUT2D eigenvalue weighted by atomic mass is 16.5. The summed E-state index contributed by atoms with van der Waals surface area (Å²) in [7, 11) is 0. The first-order valence-electron chi connectivity index (χ1n) is 7.44. The Bertz CT molecular complexity index is 578. The zero-order valence-corrected chi connectivity index (χ0v) is 12.9. The third-order valence-electron chi connectivity index (χ3n) is 3.62. The average Bonchev–Trinajstić information content (AvgIpc) is 2.51. The van der Waals surface area contributed by atoms with Crippen LogP contribution in [0.5, 0.6) is 17.2 Å². The van der Waals surface area contributed by atoms with Gasteiger partial charge in [0.2, 0.25) is 0 Å². The number of nitrogens with two attached hydrogens (primary N) is 1. The van der Waals surface area contributed by atoms with Crippen molar-refractivity contribution in [2.24, 2.45) is 0 Å². The molecule has 0 radical (unpaired) electrons. The highest BCUT2D eigenvalue weighted by Crippen LogP contribution is 2.34. The van der Waals surface area contributed by atoms with Gasteiger partial charge in [0, 0.05) is 0 Å². The first-order valence-corrected chi connectivity index (χ1v) is 7.44. The van der Waals surface area contributed by atoms with Gasteiger partial charge < -0.3 is 15.2 Å². The fraction of sp³-hybridized carbons (Fsp3) is 0.333. The minimum Gasteiger partial charge on any atom is -0.492 e. The third kappa shape index (κ3) is 3.69. The minimum atomic E-state index is 0.533. The number of benzene rings is 2. The summed E-state index contributed by atoms with van der Waals surface area (Å²) in [4.78, 5) is 0. The van der Waals surface area contributed by atoms with Crippen molar-refractivity contribution >= 4 is 5.69 Å². The molecule has 0 aromatic heterocycles. The van der Waals surface area contributed by atoms with Gasteiger partial charge >= 0.3 is 0 Å². The Labute approximate surface area is 126 Å². The van der Waals surface area contributed by atoms with Crippen molar-refractivity contribution in [3.63, 3.8) is 0 Å². The summed E-state index contributed by atoms with van der Waals surface area (Å²) < 4.78 is 11.3. The monoisotopic (exact) mass is 285 g/mol. The van der Waals surface area contributed by atoms with Gasteiger partial charge in [0.05, 0.1) is 6.61 Å². The Kier molecular flexibility index (Phi) is 5.09. The Hall–Kier alpha value is -2.16. The molecule has 0 heterocycles. The van der Waals surface area contributed by atoms with Crippen LogP contribution >= 0.6 is 0 Å². The molecule has 0 bridgehead atoms. The van der Waals surface area contributed by atoms with Crippen molar-refractivity contribution in [2.45, 2.75) is 33.1 Å². The van der Waals surface area contributed by atoms with Gasteiger partial charge in [0.25, 0.3) is 0 Å². The van der Waals surface area contributed by atoms with Crippen LogP contribution in [0.1, 0.15) is 38.7 Å². The molecule has 0 spiro atoms. The topological polar surface area (TPSA) is 44.5 Å². The Morgan fingerprint density at radius 2 is 1.67 bits per heavy atom. The van der Waals surface area contributed by atoms with E-state index in [0.717, 1.165) is 12.2 Å². The molecule has 112 valence electrons. The molecule has 2 aromatic rings. The van der Waals surface area contributed by atoms with Gasteiger partial charge in [-0.05, 0) is 49.1 Å². The van der Waals surface area contributed by atoms with Crippen molar-refractivity contribution in [3.8, 4) is 17.2 Å². The first kappa shape index (κ1) is 15.2. The van der Waals surface area contributed by atoms with Crippen LogP contribution in [0.2, 0.25) is 0 Å². The summed E-state index contributed by atoms with van der Waals surface area (Å²) in [6.45, 7) is 6.92. The second-order valence-electron chi connectivity index (χ2n) is 5.08. The van der Waals surface area contributed by atoms with E-state index in [1.54, 1.807) is 0 Å². The van der Waals surface area contributed by atoms with Crippen LogP contribution in [0.3, 0.4) is 0 Å². The molecule has 1 unspecified atom stereocenters. The van der Waals surface area contributed by atoms with Crippen LogP contribution in [0.4, 0.5) is 5.69 Å². The summed E-state index contributed by atoms with van der Waals surface area (Å²) >= 11 is 0.